The van der Waals surface area contributed by atoms with Gasteiger partial charge in [-0.2, -0.15) is 0 Å². The first kappa shape index (κ1) is 13.1. The first-order valence-electron chi connectivity index (χ1n) is 6.45. The predicted molar refractivity (Wildman–Crippen MR) is 66.3 cm³/mol. The van der Waals surface area contributed by atoms with Gasteiger partial charge in [0.05, 0.1) is 5.41 Å². The normalized spacial score (nSPS) is 25.7. The number of nitrogens with one attached hydrogen (secondary N) is 2. The molecule has 2 fully saturated rings. The van der Waals surface area contributed by atoms with E-state index in [1.165, 1.54) is 0 Å². The number of nitrogens with zero attached hydrogens (tertiary/aromatic N) is 1. The Balaban J connectivity index is 1.62. The van der Waals surface area contributed by atoms with E-state index in [9.17, 15) is 9.59 Å². The number of carbonyl (C=O) groups excluding carboxylic acids is 1. The minimum Gasteiger partial charge on any atom is -0.481 e. The van der Waals surface area contributed by atoms with Gasteiger partial charge in [0.15, 0.2) is 0 Å². The lowest BCUT2D eigenvalue weighted by Crippen LogP contribution is -2.42. The Kier molecular flexibility index (Phi) is 3.75. The van der Waals surface area contributed by atoms with E-state index in [2.05, 4.69) is 22.6 Å². The fraction of sp³-hybridized carbons (Fsp3) is 0.833. The van der Waals surface area contributed by atoms with E-state index in [4.69, 9.17) is 5.11 Å². The van der Waals surface area contributed by atoms with Crippen LogP contribution >= 0.6 is 0 Å². The van der Waals surface area contributed by atoms with E-state index in [1.54, 1.807) is 0 Å². The second-order valence-corrected chi connectivity index (χ2v) is 5.57. The van der Waals surface area contributed by atoms with E-state index < -0.39 is 11.4 Å². The Bertz CT molecular complexity index is 341. The molecule has 0 spiro atoms. The molecule has 0 aromatic heterocycles. The topological polar surface area (TPSA) is 81.7 Å². The molecule has 102 valence electrons. The molecule has 1 aliphatic heterocycles. The third-order valence-electron chi connectivity index (χ3n) is 3.93. The fourth-order valence-electron chi connectivity index (χ4n) is 2.36. The van der Waals surface area contributed by atoms with Crippen molar-refractivity contribution in [1.82, 2.24) is 15.5 Å². The average molecular weight is 255 g/mol. The highest BCUT2D eigenvalue weighted by Crippen LogP contribution is 2.45. The van der Waals surface area contributed by atoms with E-state index in [1.807, 2.05) is 0 Å². The van der Waals surface area contributed by atoms with Gasteiger partial charge in [-0.3, -0.25) is 4.79 Å². The van der Waals surface area contributed by atoms with Crippen molar-refractivity contribution < 1.29 is 14.7 Å². The Morgan fingerprint density at radius 3 is 2.61 bits per heavy atom. The predicted octanol–water partition coefficient (Wildman–Crippen LogP) is 0.102. The van der Waals surface area contributed by atoms with E-state index >= 15 is 0 Å². The summed E-state index contributed by atoms with van der Waals surface area (Å²) in [4.78, 5) is 24.7. The number of aliphatic carboxylic acids is 1. The molecule has 1 heterocycles. The number of hydrogen-bond donors (Lipinski definition) is 3. The SMILES string of the molecule is CN1CCC(CNC(=O)NCC2(C(=O)O)CC2)C1. The van der Waals surface area contributed by atoms with Crippen molar-refractivity contribution in [3.63, 3.8) is 0 Å². The van der Waals surface area contributed by atoms with Crippen molar-refractivity contribution in [3.05, 3.63) is 0 Å². The molecule has 2 amide bonds. The van der Waals surface area contributed by atoms with Crippen LogP contribution in [0.1, 0.15) is 19.3 Å². The number of amides is 2. The second-order valence-electron chi connectivity index (χ2n) is 5.57. The molecule has 1 saturated carbocycles. The van der Waals surface area contributed by atoms with Gasteiger partial charge in [0, 0.05) is 19.6 Å². The number of carboxylic acids is 1. The van der Waals surface area contributed by atoms with Gasteiger partial charge in [-0.15, -0.1) is 0 Å². The van der Waals surface area contributed by atoms with Gasteiger partial charge in [-0.05, 0) is 38.8 Å². The molecule has 6 heteroatoms. The summed E-state index contributed by atoms with van der Waals surface area (Å²) >= 11 is 0. The standard InChI is InChI=1S/C12H21N3O3/c1-15-5-2-9(7-15)6-13-11(18)14-8-12(3-4-12)10(16)17/h9H,2-8H2,1H3,(H,16,17)(H2,13,14,18). The quantitative estimate of drug-likeness (QED) is 0.651. The number of hydrogen-bond acceptors (Lipinski definition) is 3. The molecule has 0 aromatic rings. The van der Waals surface area contributed by atoms with Crippen LogP contribution in [-0.2, 0) is 4.79 Å². The Hall–Kier alpha value is -1.30. The van der Waals surface area contributed by atoms with Crippen LogP contribution in [0.2, 0.25) is 0 Å². The van der Waals surface area contributed by atoms with Gasteiger partial charge in [0.2, 0.25) is 0 Å². The number of urea groups is 1. The second kappa shape index (κ2) is 5.14. The zero-order chi connectivity index (χ0) is 13.2. The van der Waals surface area contributed by atoms with Crippen LogP contribution in [-0.4, -0.2) is 55.2 Å². The van der Waals surface area contributed by atoms with Crippen molar-refractivity contribution in [2.24, 2.45) is 11.3 Å². The first-order chi connectivity index (χ1) is 8.52. The minimum atomic E-state index is -0.805. The molecule has 0 bridgehead atoms. The number of likely N-dealkylation sites (tertiary alicyclic amines) is 1. The van der Waals surface area contributed by atoms with Crippen molar-refractivity contribution >= 4 is 12.0 Å². The molecule has 3 N–H and O–H groups in total. The Labute approximate surface area is 107 Å². The molecule has 0 radical (unpaired) electrons. The maximum atomic E-state index is 11.5. The van der Waals surface area contributed by atoms with Crippen LogP contribution in [0.4, 0.5) is 4.79 Å². The Morgan fingerprint density at radius 2 is 2.11 bits per heavy atom. The summed E-state index contributed by atoms with van der Waals surface area (Å²) in [5.41, 5.74) is -0.690. The van der Waals surface area contributed by atoms with Crippen LogP contribution < -0.4 is 10.6 Å². The molecule has 2 aliphatic rings. The van der Waals surface area contributed by atoms with Gasteiger partial charge in [0.1, 0.15) is 0 Å². The van der Waals surface area contributed by atoms with E-state index in [-0.39, 0.29) is 12.6 Å². The molecule has 2 rings (SSSR count). The smallest absolute Gasteiger partial charge is 0.314 e. The average Bonchev–Trinajstić information content (AvgIpc) is 3.02. The maximum Gasteiger partial charge on any atom is 0.314 e. The van der Waals surface area contributed by atoms with Gasteiger partial charge < -0.3 is 20.6 Å². The number of carbonyl (C=O) groups is 2. The molecule has 1 aliphatic carbocycles. The summed E-state index contributed by atoms with van der Waals surface area (Å²) in [5, 5.41) is 14.4. The zero-order valence-corrected chi connectivity index (χ0v) is 10.7. The summed E-state index contributed by atoms with van der Waals surface area (Å²) in [7, 11) is 2.07. The first-order valence-corrected chi connectivity index (χ1v) is 6.45. The molecular formula is C12H21N3O3. The molecule has 6 nitrogen and oxygen atoms in total. The zero-order valence-electron chi connectivity index (χ0n) is 10.7. The summed E-state index contributed by atoms with van der Waals surface area (Å²) in [6, 6.07) is -0.253. The lowest BCUT2D eigenvalue weighted by atomic mass is 10.1. The Morgan fingerprint density at radius 1 is 1.39 bits per heavy atom. The highest BCUT2D eigenvalue weighted by Gasteiger charge is 2.50. The van der Waals surface area contributed by atoms with Gasteiger partial charge >= 0.3 is 12.0 Å². The van der Waals surface area contributed by atoms with Crippen molar-refractivity contribution in [2.45, 2.75) is 19.3 Å². The molecule has 0 aromatic carbocycles. The van der Waals surface area contributed by atoms with Crippen molar-refractivity contribution in [1.29, 1.82) is 0 Å². The van der Waals surface area contributed by atoms with Gasteiger partial charge in [-0.1, -0.05) is 0 Å². The monoisotopic (exact) mass is 255 g/mol. The summed E-state index contributed by atoms with van der Waals surface area (Å²) in [6.45, 7) is 2.99. The van der Waals surface area contributed by atoms with Crippen LogP contribution in [0.3, 0.4) is 0 Å². The van der Waals surface area contributed by atoms with Crippen LogP contribution in [0.15, 0.2) is 0 Å². The lowest BCUT2D eigenvalue weighted by Gasteiger charge is -2.14. The summed E-state index contributed by atoms with van der Waals surface area (Å²) in [6.07, 6.45) is 2.43. The third kappa shape index (κ3) is 3.13. The molecule has 1 unspecified atom stereocenters. The molecule has 1 atom stereocenters. The van der Waals surface area contributed by atoms with Crippen molar-refractivity contribution in [2.75, 3.05) is 33.2 Å². The van der Waals surface area contributed by atoms with Gasteiger partial charge in [0.25, 0.3) is 0 Å². The van der Waals surface area contributed by atoms with Crippen LogP contribution in [0, 0.1) is 11.3 Å². The number of carboxylic acid groups (broad SMARTS) is 1. The van der Waals surface area contributed by atoms with Crippen LogP contribution in [0.5, 0.6) is 0 Å². The van der Waals surface area contributed by atoms with E-state index in [0.717, 1.165) is 19.5 Å². The summed E-state index contributed by atoms with van der Waals surface area (Å²) in [5.74, 6) is -0.296. The fourth-order valence-corrected chi connectivity index (χ4v) is 2.36. The van der Waals surface area contributed by atoms with Crippen LogP contribution in [0.25, 0.3) is 0 Å². The lowest BCUT2D eigenvalue weighted by molar-refractivity contribution is -0.143. The molecular weight excluding hydrogens is 234 g/mol. The minimum absolute atomic E-state index is 0.235. The largest absolute Gasteiger partial charge is 0.481 e. The number of rotatable bonds is 5. The van der Waals surface area contributed by atoms with Crippen molar-refractivity contribution in [3.8, 4) is 0 Å². The van der Waals surface area contributed by atoms with Gasteiger partial charge in [-0.25, -0.2) is 4.79 Å². The highest BCUT2D eigenvalue weighted by atomic mass is 16.4. The van der Waals surface area contributed by atoms with E-state index in [0.29, 0.717) is 25.3 Å². The molecule has 1 saturated heterocycles. The molecule has 18 heavy (non-hydrogen) atoms. The highest BCUT2D eigenvalue weighted by molar-refractivity contribution is 5.80. The maximum absolute atomic E-state index is 11.5. The third-order valence-corrected chi connectivity index (χ3v) is 3.93. The summed E-state index contributed by atoms with van der Waals surface area (Å²) < 4.78 is 0.